The average molecular weight is 555 g/mol. The maximum atomic E-state index is 15.2. The summed E-state index contributed by atoms with van der Waals surface area (Å²) in [6.45, 7) is 4.50. The van der Waals surface area contributed by atoms with Crippen molar-refractivity contribution in [2.45, 2.75) is 116 Å². The van der Waals surface area contributed by atoms with Gasteiger partial charge < -0.3 is 4.74 Å². The Kier molecular flexibility index (Phi) is 12.0. The summed E-state index contributed by atoms with van der Waals surface area (Å²) < 4.78 is 49.6. The van der Waals surface area contributed by atoms with Crippen LogP contribution in [0.1, 0.15) is 122 Å². The van der Waals surface area contributed by atoms with Crippen molar-refractivity contribution in [3.63, 3.8) is 0 Å². The van der Waals surface area contributed by atoms with Crippen LogP contribution in [0.15, 0.2) is 42.5 Å². The molecule has 0 saturated heterocycles. The largest absolute Gasteiger partial charge is 0.490 e. The van der Waals surface area contributed by atoms with Crippen LogP contribution in [0.5, 0.6) is 5.75 Å². The number of hydrogen-bond acceptors (Lipinski definition) is 1. The molecule has 0 atom stereocenters. The van der Waals surface area contributed by atoms with Gasteiger partial charge >= 0.3 is 0 Å². The van der Waals surface area contributed by atoms with Gasteiger partial charge in [-0.2, -0.15) is 4.39 Å². The molecule has 0 amide bonds. The summed E-state index contributed by atoms with van der Waals surface area (Å²) in [7, 11) is 0. The molecule has 0 N–H and O–H groups in total. The lowest BCUT2D eigenvalue weighted by Gasteiger charge is -2.29. The fraction of sp³-hybridized carbons (Fsp3) is 0.611. The molecule has 0 aliphatic heterocycles. The molecule has 4 heteroatoms. The van der Waals surface area contributed by atoms with Gasteiger partial charge in [-0.3, -0.25) is 0 Å². The first-order valence-electron chi connectivity index (χ1n) is 16.1. The smallest absolute Gasteiger partial charge is 0.201 e. The van der Waals surface area contributed by atoms with Crippen LogP contribution in [0.4, 0.5) is 13.2 Å². The third kappa shape index (κ3) is 8.40. The second-order valence-corrected chi connectivity index (χ2v) is 12.3. The van der Waals surface area contributed by atoms with Crippen LogP contribution in [-0.2, 0) is 0 Å². The fourth-order valence-corrected chi connectivity index (χ4v) is 6.84. The molecule has 0 radical (unpaired) electrons. The molecule has 0 aromatic heterocycles. The van der Waals surface area contributed by atoms with E-state index >= 15 is 4.39 Å². The Morgan fingerprint density at radius 1 is 0.775 bits per heavy atom. The van der Waals surface area contributed by atoms with Crippen molar-refractivity contribution >= 4 is 0 Å². The van der Waals surface area contributed by atoms with Crippen molar-refractivity contribution in [2.75, 3.05) is 6.61 Å². The minimum absolute atomic E-state index is 0.0589. The summed E-state index contributed by atoms with van der Waals surface area (Å²) in [6, 6.07) is 7.74. The standard InChI is InChI=1S/C36H49F3O/c1-3-5-6-9-26-12-14-27(15-13-26)10-7-8-11-28-16-18-29(19-17-28)31-21-20-30(25-33(31)37)32-22-23-34(40-24-4-2)36(39)35(32)38/h7,10,20-23,25-29H,3-6,8-9,11-19,24H2,1-2H3/b10-7+. The quantitative estimate of drug-likeness (QED) is 0.177. The van der Waals surface area contributed by atoms with Crippen molar-refractivity contribution < 1.29 is 17.9 Å². The maximum absolute atomic E-state index is 15.2. The number of rotatable bonds is 13. The Morgan fingerprint density at radius 2 is 1.50 bits per heavy atom. The Labute approximate surface area is 240 Å². The van der Waals surface area contributed by atoms with E-state index in [2.05, 4.69) is 19.1 Å². The number of halogens is 3. The van der Waals surface area contributed by atoms with Crippen LogP contribution in [0.25, 0.3) is 11.1 Å². The molecule has 2 aromatic carbocycles. The van der Waals surface area contributed by atoms with Crippen LogP contribution in [0.2, 0.25) is 0 Å². The number of hydrogen-bond donors (Lipinski definition) is 0. The van der Waals surface area contributed by atoms with Crippen LogP contribution < -0.4 is 4.74 Å². The number of benzene rings is 2. The highest BCUT2D eigenvalue weighted by atomic mass is 19.2. The molecule has 2 aliphatic rings. The molecule has 1 nitrogen and oxygen atoms in total. The summed E-state index contributed by atoms with van der Waals surface area (Å²) in [4.78, 5) is 0. The molecule has 0 unspecified atom stereocenters. The SMILES string of the molecule is CCCCCC1CCC(/C=C/CCC2CCC(c3ccc(-c4ccc(OCCC)c(F)c4F)cc3F)CC2)CC1. The van der Waals surface area contributed by atoms with Crippen LogP contribution >= 0.6 is 0 Å². The van der Waals surface area contributed by atoms with Gasteiger partial charge in [-0.1, -0.05) is 63.8 Å². The minimum atomic E-state index is -1.02. The molecule has 2 aliphatic carbocycles. The van der Waals surface area contributed by atoms with Gasteiger partial charge in [-0.15, -0.1) is 0 Å². The third-order valence-corrected chi connectivity index (χ3v) is 9.36. The Hall–Kier alpha value is -2.23. The molecule has 2 fully saturated rings. The molecule has 2 aromatic rings. The topological polar surface area (TPSA) is 9.23 Å². The molecular formula is C36H49F3O. The highest BCUT2D eigenvalue weighted by Crippen LogP contribution is 2.40. The summed E-state index contributed by atoms with van der Waals surface area (Å²) >= 11 is 0. The van der Waals surface area contributed by atoms with Gasteiger partial charge in [0, 0.05) is 5.56 Å². The van der Waals surface area contributed by atoms with E-state index in [9.17, 15) is 8.78 Å². The molecule has 4 rings (SSSR count). The van der Waals surface area contributed by atoms with Gasteiger partial charge in [0.15, 0.2) is 11.6 Å². The van der Waals surface area contributed by atoms with E-state index in [0.29, 0.717) is 30.1 Å². The van der Waals surface area contributed by atoms with Gasteiger partial charge in [0.25, 0.3) is 0 Å². The lowest BCUT2D eigenvalue weighted by atomic mass is 9.76. The lowest BCUT2D eigenvalue weighted by molar-refractivity contribution is 0.288. The normalized spacial score (nSPS) is 23.5. The van der Waals surface area contributed by atoms with Gasteiger partial charge in [-0.25, -0.2) is 8.78 Å². The predicted molar refractivity (Wildman–Crippen MR) is 160 cm³/mol. The Morgan fingerprint density at radius 3 is 2.20 bits per heavy atom. The van der Waals surface area contributed by atoms with Crippen LogP contribution in [0.3, 0.4) is 0 Å². The third-order valence-electron chi connectivity index (χ3n) is 9.36. The van der Waals surface area contributed by atoms with Gasteiger partial charge in [0.2, 0.25) is 5.82 Å². The number of ether oxygens (including phenoxy) is 1. The zero-order chi connectivity index (χ0) is 28.3. The minimum Gasteiger partial charge on any atom is -0.490 e. The summed E-state index contributed by atoms with van der Waals surface area (Å²) in [5.41, 5.74) is 1.12. The average Bonchev–Trinajstić information content (AvgIpc) is 2.97. The highest BCUT2D eigenvalue weighted by molar-refractivity contribution is 5.66. The second-order valence-electron chi connectivity index (χ2n) is 12.3. The highest BCUT2D eigenvalue weighted by Gasteiger charge is 2.25. The maximum Gasteiger partial charge on any atom is 0.201 e. The van der Waals surface area contributed by atoms with Crippen molar-refractivity contribution in [3.05, 3.63) is 65.5 Å². The first-order chi connectivity index (χ1) is 19.5. The van der Waals surface area contributed by atoms with Gasteiger partial charge in [-0.05, 0) is 124 Å². The predicted octanol–water partition coefficient (Wildman–Crippen LogP) is 11.6. The van der Waals surface area contributed by atoms with E-state index in [0.717, 1.165) is 43.9 Å². The monoisotopic (exact) mass is 554 g/mol. The van der Waals surface area contributed by atoms with Crippen molar-refractivity contribution in [1.29, 1.82) is 0 Å². The fourth-order valence-electron chi connectivity index (χ4n) is 6.84. The van der Waals surface area contributed by atoms with Crippen molar-refractivity contribution in [2.24, 2.45) is 17.8 Å². The Balaban J connectivity index is 1.21. The summed E-state index contributed by atoms with van der Waals surface area (Å²) in [6.07, 6.45) is 23.3. The molecule has 0 heterocycles. The number of allylic oxidation sites excluding steroid dienone is 2. The van der Waals surface area contributed by atoms with E-state index in [1.807, 2.05) is 6.92 Å². The summed E-state index contributed by atoms with van der Waals surface area (Å²) in [5, 5.41) is 0. The van der Waals surface area contributed by atoms with Crippen molar-refractivity contribution in [1.82, 2.24) is 0 Å². The first kappa shape index (κ1) is 30.7. The first-order valence-corrected chi connectivity index (χ1v) is 16.1. The molecule has 0 spiro atoms. The van der Waals surface area contributed by atoms with Crippen LogP contribution in [0, 0.1) is 35.2 Å². The molecule has 0 bridgehead atoms. The zero-order valence-electron chi connectivity index (χ0n) is 24.7. The van der Waals surface area contributed by atoms with E-state index in [4.69, 9.17) is 4.74 Å². The second kappa shape index (κ2) is 15.7. The zero-order valence-corrected chi connectivity index (χ0v) is 24.7. The number of unbranched alkanes of at least 4 members (excludes halogenated alkanes) is 2. The molecular weight excluding hydrogens is 505 g/mol. The van der Waals surface area contributed by atoms with E-state index < -0.39 is 11.6 Å². The molecule has 220 valence electrons. The van der Waals surface area contributed by atoms with Crippen LogP contribution in [-0.4, -0.2) is 6.61 Å². The van der Waals surface area contributed by atoms with Gasteiger partial charge in [0.05, 0.1) is 6.61 Å². The van der Waals surface area contributed by atoms with E-state index in [1.54, 1.807) is 12.1 Å². The Bertz CT molecular complexity index is 1080. The van der Waals surface area contributed by atoms with E-state index in [1.165, 1.54) is 76.0 Å². The lowest BCUT2D eigenvalue weighted by Crippen LogP contribution is -2.14. The van der Waals surface area contributed by atoms with E-state index in [-0.39, 0.29) is 23.0 Å². The van der Waals surface area contributed by atoms with Crippen molar-refractivity contribution in [3.8, 4) is 16.9 Å². The molecule has 40 heavy (non-hydrogen) atoms. The van der Waals surface area contributed by atoms with Gasteiger partial charge in [0.1, 0.15) is 5.82 Å². The molecule has 2 saturated carbocycles. The summed E-state index contributed by atoms with van der Waals surface area (Å²) in [5.74, 6) is 0.208.